The number of hydrogen-bond acceptors (Lipinski definition) is 4. The van der Waals surface area contributed by atoms with Crippen molar-refractivity contribution in [1.82, 2.24) is 0 Å². The second-order valence-electron chi connectivity index (χ2n) is 5.44. The summed E-state index contributed by atoms with van der Waals surface area (Å²) in [4.78, 5) is 0. The van der Waals surface area contributed by atoms with Crippen LogP contribution in [0.2, 0.25) is 0 Å². The molecule has 19 heavy (non-hydrogen) atoms. The SMILES string of the molecule is C[C@H](Cc1ccc2c(c1)OC(C)(C)O2)CS(=O)(=O)O. The van der Waals surface area contributed by atoms with E-state index in [1.165, 1.54) is 0 Å². The van der Waals surface area contributed by atoms with Gasteiger partial charge in [-0.2, -0.15) is 8.42 Å². The molecule has 106 valence electrons. The highest BCUT2D eigenvalue weighted by Gasteiger charge is 2.31. The fourth-order valence-electron chi connectivity index (χ4n) is 2.21. The molecule has 1 heterocycles. The summed E-state index contributed by atoms with van der Waals surface area (Å²) >= 11 is 0. The number of fused-ring (bicyclic) bond motifs is 1. The van der Waals surface area contributed by atoms with Gasteiger partial charge in [-0.3, -0.25) is 4.55 Å². The second kappa shape index (κ2) is 4.68. The summed E-state index contributed by atoms with van der Waals surface area (Å²) in [7, 11) is -3.93. The first-order valence-corrected chi connectivity index (χ1v) is 7.72. The Bertz CT molecular complexity index is 577. The Labute approximate surface area is 113 Å². The van der Waals surface area contributed by atoms with Crippen LogP contribution in [-0.4, -0.2) is 24.5 Å². The van der Waals surface area contributed by atoms with E-state index in [0.717, 1.165) is 5.56 Å². The zero-order valence-corrected chi connectivity index (χ0v) is 12.0. The van der Waals surface area contributed by atoms with Gasteiger partial charge in [0.05, 0.1) is 5.75 Å². The van der Waals surface area contributed by atoms with Crippen LogP contribution in [0.25, 0.3) is 0 Å². The molecule has 5 nitrogen and oxygen atoms in total. The van der Waals surface area contributed by atoms with Crippen LogP contribution < -0.4 is 9.47 Å². The average Bonchev–Trinajstić information content (AvgIpc) is 2.47. The van der Waals surface area contributed by atoms with Gasteiger partial charge in [-0.05, 0) is 30.0 Å². The lowest BCUT2D eigenvalue weighted by Crippen LogP contribution is -2.29. The minimum absolute atomic E-state index is 0.164. The minimum Gasteiger partial charge on any atom is -0.449 e. The molecule has 0 radical (unpaired) electrons. The molecular formula is C13H18O5S. The van der Waals surface area contributed by atoms with E-state index in [1.54, 1.807) is 6.92 Å². The zero-order chi connectivity index (χ0) is 14.3. The van der Waals surface area contributed by atoms with Crippen molar-refractivity contribution in [2.24, 2.45) is 5.92 Å². The highest BCUT2D eigenvalue weighted by atomic mass is 32.2. The van der Waals surface area contributed by atoms with E-state index in [9.17, 15) is 8.42 Å². The molecule has 1 aliphatic rings. The molecule has 0 unspecified atom stereocenters. The van der Waals surface area contributed by atoms with E-state index in [2.05, 4.69) is 0 Å². The first-order valence-electron chi connectivity index (χ1n) is 6.11. The van der Waals surface area contributed by atoms with Crippen molar-refractivity contribution in [1.29, 1.82) is 0 Å². The first-order chi connectivity index (χ1) is 8.65. The van der Waals surface area contributed by atoms with Crippen molar-refractivity contribution in [3.63, 3.8) is 0 Å². The van der Waals surface area contributed by atoms with Gasteiger partial charge in [-0.15, -0.1) is 0 Å². The lowest BCUT2D eigenvalue weighted by molar-refractivity contribution is -0.0431. The third kappa shape index (κ3) is 3.84. The number of benzene rings is 1. The van der Waals surface area contributed by atoms with Crippen molar-refractivity contribution in [2.75, 3.05) is 5.75 Å². The Hall–Kier alpha value is -1.27. The molecule has 0 bridgehead atoms. The Balaban J connectivity index is 2.08. The molecule has 1 aliphatic heterocycles. The highest BCUT2D eigenvalue weighted by Crippen LogP contribution is 2.39. The molecule has 0 amide bonds. The largest absolute Gasteiger partial charge is 0.449 e. The van der Waals surface area contributed by atoms with Crippen LogP contribution in [0.4, 0.5) is 0 Å². The van der Waals surface area contributed by atoms with Gasteiger partial charge < -0.3 is 9.47 Å². The highest BCUT2D eigenvalue weighted by molar-refractivity contribution is 7.85. The van der Waals surface area contributed by atoms with E-state index in [1.807, 2.05) is 32.0 Å². The third-order valence-corrected chi connectivity index (χ3v) is 3.79. The van der Waals surface area contributed by atoms with E-state index >= 15 is 0 Å². The lowest BCUT2D eigenvalue weighted by Gasteiger charge is -2.16. The maximum atomic E-state index is 10.8. The third-order valence-electron chi connectivity index (χ3n) is 2.80. The van der Waals surface area contributed by atoms with Crippen LogP contribution in [0.5, 0.6) is 11.5 Å². The van der Waals surface area contributed by atoms with Gasteiger partial charge in [0.1, 0.15) is 0 Å². The molecule has 2 rings (SSSR count). The van der Waals surface area contributed by atoms with Crippen molar-refractivity contribution in [3.8, 4) is 11.5 Å². The van der Waals surface area contributed by atoms with Gasteiger partial charge >= 0.3 is 0 Å². The van der Waals surface area contributed by atoms with E-state index in [4.69, 9.17) is 14.0 Å². The van der Waals surface area contributed by atoms with Gasteiger partial charge in [0, 0.05) is 13.8 Å². The summed E-state index contributed by atoms with van der Waals surface area (Å²) in [6.07, 6.45) is 0.552. The molecule has 1 N–H and O–H groups in total. The minimum atomic E-state index is -3.93. The molecule has 1 aromatic carbocycles. The van der Waals surface area contributed by atoms with Gasteiger partial charge in [0.2, 0.25) is 5.79 Å². The Morgan fingerprint density at radius 3 is 2.53 bits per heavy atom. The maximum Gasteiger partial charge on any atom is 0.265 e. The van der Waals surface area contributed by atoms with Crippen molar-refractivity contribution in [2.45, 2.75) is 33.0 Å². The van der Waals surface area contributed by atoms with Gasteiger partial charge in [-0.25, -0.2) is 0 Å². The molecule has 1 aromatic rings. The van der Waals surface area contributed by atoms with Crippen LogP contribution in [0, 0.1) is 5.92 Å². The normalized spacial score (nSPS) is 18.3. The summed E-state index contributed by atoms with van der Waals surface area (Å²) in [5.74, 6) is 0.287. The van der Waals surface area contributed by atoms with Crippen molar-refractivity contribution < 1.29 is 22.4 Å². The summed E-state index contributed by atoms with van der Waals surface area (Å²) < 4.78 is 41.7. The molecule has 0 aromatic heterocycles. The standard InChI is InChI=1S/C13H18O5S/c1-9(8-19(14,15)16)6-10-4-5-11-12(7-10)18-13(2,3)17-11/h4-5,7,9H,6,8H2,1-3H3,(H,14,15,16)/t9-/m1/s1. The van der Waals surface area contributed by atoms with Crippen LogP contribution in [0.1, 0.15) is 26.3 Å². The van der Waals surface area contributed by atoms with Crippen LogP contribution in [0.15, 0.2) is 18.2 Å². The molecule has 0 saturated heterocycles. The number of hydrogen-bond donors (Lipinski definition) is 1. The first kappa shape index (κ1) is 14.1. The predicted molar refractivity (Wildman–Crippen MR) is 71.1 cm³/mol. The van der Waals surface area contributed by atoms with Crippen LogP contribution in [-0.2, 0) is 16.5 Å². The van der Waals surface area contributed by atoms with Crippen LogP contribution >= 0.6 is 0 Å². The topological polar surface area (TPSA) is 72.8 Å². The van der Waals surface area contributed by atoms with Gasteiger partial charge in [-0.1, -0.05) is 13.0 Å². The Kier molecular flexibility index (Phi) is 3.49. The molecular weight excluding hydrogens is 268 g/mol. The summed E-state index contributed by atoms with van der Waals surface area (Å²) in [6.45, 7) is 5.43. The zero-order valence-electron chi connectivity index (χ0n) is 11.2. The Morgan fingerprint density at radius 2 is 1.89 bits per heavy atom. The Morgan fingerprint density at radius 1 is 1.26 bits per heavy atom. The quantitative estimate of drug-likeness (QED) is 0.859. The van der Waals surface area contributed by atoms with Gasteiger partial charge in [0.15, 0.2) is 11.5 Å². The second-order valence-corrected chi connectivity index (χ2v) is 6.94. The van der Waals surface area contributed by atoms with Gasteiger partial charge in [0.25, 0.3) is 10.1 Å². The number of rotatable bonds is 4. The van der Waals surface area contributed by atoms with E-state index in [-0.39, 0.29) is 11.7 Å². The molecule has 0 spiro atoms. The average molecular weight is 286 g/mol. The molecule has 0 saturated carbocycles. The number of ether oxygens (including phenoxy) is 2. The van der Waals surface area contributed by atoms with E-state index < -0.39 is 15.9 Å². The summed E-state index contributed by atoms with van der Waals surface area (Å²) in [5.41, 5.74) is 0.955. The van der Waals surface area contributed by atoms with E-state index in [0.29, 0.717) is 17.9 Å². The monoisotopic (exact) mass is 286 g/mol. The molecule has 0 aliphatic carbocycles. The van der Waals surface area contributed by atoms with Crippen molar-refractivity contribution >= 4 is 10.1 Å². The van der Waals surface area contributed by atoms with Crippen molar-refractivity contribution in [3.05, 3.63) is 23.8 Å². The molecule has 0 fully saturated rings. The fourth-order valence-corrected chi connectivity index (χ4v) is 3.05. The molecule has 1 atom stereocenters. The smallest absolute Gasteiger partial charge is 0.265 e. The molecule has 6 heteroatoms. The van der Waals surface area contributed by atoms with Crippen LogP contribution in [0.3, 0.4) is 0 Å². The maximum absolute atomic E-state index is 10.8. The lowest BCUT2D eigenvalue weighted by atomic mass is 10.0. The fraction of sp³-hybridized carbons (Fsp3) is 0.538. The summed E-state index contributed by atoms with van der Waals surface area (Å²) in [6, 6.07) is 5.55. The summed E-state index contributed by atoms with van der Waals surface area (Å²) in [5, 5.41) is 0. The predicted octanol–water partition coefficient (Wildman–Crippen LogP) is 2.26.